The van der Waals surface area contributed by atoms with Gasteiger partial charge in [0.15, 0.2) is 0 Å². The van der Waals surface area contributed by atoms with Crippen LogP contribution in [0.2, 0.25) is 0 Å². The number of aryl methyl sites for hydroxylation is 2. The smallest absolute Gasteiger partial charge is 0.0441 e. The molecule has 0 N–H and O–H groups in total. The topological polar surface area (TPSA) is 12.9 Å². The molecule has 0 saturated carbocycles. The number of nitrogens with zero attached hydrogens (tertiary/aromatic N) is 1. The highest BCUT2D eigenvalue weighted by atomic mass is 14.7. The molecule has 0 aliphatic rings. The molecule has 84 valence electrons. The molecule has 1 rings (SSSR count). The van der Waals surface area contributed by atoms with E-state index in [0.29, 0.717) is 5.92 Å². The molecule has 1 aromatic rings. The Morgan fingerprint density at radius 2 is 1.80 bits per heavy atom. The van der Waals surface area contributed by atoms with Crippen LogP contribution in [0.4, 0.5) is 0 Å². The molecule has 0 radical (unpaired) electrons. The molecule has 0 aromatic carbocycles. The second kappa shape index (κ2) is 5.29. The fourth-order valence-electron chi connectivity index (χ4n) is 1.77. The van der Waals surface area contributed by atoms with E-state index in [0.717, 1.165) is 18.0 Å². The average molecular weight is 205 g/mol. The Balaban J connectivity index is 2.87. The second-order valence-corrected chi connectivity index (χ2v) is 5.08. The minimum atomic E-state index is 0.584. The van der Waals surface area contributed by atoms with E-state index >= 15 is 0 Å². The van der Waals surface area contributed by atoms with Crippen molar-refractivity contribution in [3.05, 3.63) is 29.1 Å². The van der Waals surface area contributed by atoms with Crippen LogP contribution in [-0.4, -0.2) is 4.98 Å². The van der Waals surface area contributed by atoms with Gasteiger partial charge < -0.3 is 0 Å². The van der Waals surface area contributed by atoms with Crippen molar-refractivity contribution in [1.82, 2.24) is 4.98 Å². The summed E-state index contributed by atoms with van der Waals surface area (Å²) in [6, 6.07) is 4.36. The molecule has 0 saturated heterocycles. The molecule has 0 unspecified atom stereocenters. The monoisotopic (exact) mass is 205 g/mol. The van der Waals surface area contributed by atoms with Gasteiger partial charge in [-0.25, -0.2) is 0 Å². The molecular formula is C14H23N. The van der Waals surface area contributed by atoms with Gasteiger partial charge in [-0.15, -0.1) is 0 Å². The molecule has 15 heavy (non-hydrogen) atoms. The molecule has 0 amide bonds. The number of rotatable bonds is 4. The Kier molecular flexibility index (Phi) is 4.31. The Hall–Kier alpha value is -0.850. The van der Waals surface area contributed by atoms with Gasteiger partial charge in [-0.3, -0.25) is 4.98 Å². The standard InChI is InChI=1S/C14H23N/c1-10(2)6-9-14-13(11(3)4)8-7-12(5)15-14/h7-8,10-11H,6,9H2,1-5H3. The Bertz CT molecular complexity index is 313. The van der Waals surface area contributed by atoms with Crippen molar-refractivity contribution in [2.24, 2.45) is 5.92 Å². The van der Waals surface area contributed by atoms with Gasteiger partial charge in [-0.2, -0.15) is 0 Å². The van der Waals surface area contributed by atoms with Gasteiger partial charge in [-0.05, 0) is 43.2 Å². The highest BCUT2D eigenvalue weighted by Crippen LogP contribution is 2.20. The van der Waals surface area contributed by atoms with Crippen LogP contribution in [0.15, 0.2) is 12.1 Å². The number of hydrogen-bond acceptors (Lipinski definition) is 1. The van der Waals surface area contributed by atoms with Crippen LogP contribution in [-0.2, 0) is 6.42 Å². The van der Waals surface area contributed by atoms with Gasteiger partial charge >= 0.3 is 0 Å². The maximum atomic E-state index is 4.67. The summed E-state index contributed by atoms with van der Waals surface area (Å²) < 4.78 is 0. The highest BCUT2D eigenvalue weighted by Gasteiger charge is 2.08. The molecule has 1 nitrogen and oxygen atoms in total. The normalized spacial score (nSPS) is 11.4. The lowest BCUT2D eigenvalue weighted by molar-refractivity contribution is 0.576. The van der Waals surface area contributed by atoms with Crippen LogP contribution in [0.5, 0.6) is 0 Å². The van der Waals surface area contributed by atoms with Crippen LogP contribution in [0.3, 0.4) is 0 Å². The zero-order valence-corrected chi connectivity index (χ0v) is 10.7. The molecule has 1 heterocycles. The Labute approximate surface area is 93.9 Å². The van der Waals surface area contributed by atoms with Gasteiger partial charge in [0.1, 0.15) is 0 Å². The van der Waals surface area contributed by atoms with Crippen LogP contribution in [0, 0.1) is 12.8 Å². The molecular weight excluding hydrogens is 182 g/mol. The SMILES string of the molecule is Cc1ccc(C(C)C)c(CCC(C)C)n1. The van der Waals surface area contributed by atoms with E-state index in [2.05, 4.69) is 51.7 Å². The van der Waals surface area contributed by atoms with Crippen molar-refractivity contribution in [2.75, 3.05) is 0 Å². The van der Waals surface area contributed by atoms with Crippen molar-refractivity contribution in [3.8, 4) is 0 Å². The summed E-state index contributed by atoms with van der Waals surface area (Å²) in [6.45, 7) is 11.1. The first kappa shape index (κ1) is 12.2. The van der Waals surface area contributed by atoms with E-state index in [1.165, 1.54) is 17.7 Å². The van der Waals surface area contributed by atoms with Crippen molar-refractivity contribution < 1.29 is 0 Å². The first-order valence-corrected chi connectivity index (χ1v) is 5.97. The predicted octanol–water partition coefficient (Wildman–Crippen LogP) is 4.10. The number of hydrogen-bond donors (Lipinski definition) is 0. The van der Waals surface area contributed by atoms with Gasteiger partial charge in [0.05, 0.1) is 0 Å². The lowest BCUT2D eigenvalue weighted by Crippen LogP contribution is -2.03. The maximum Gasteiger partial charge on any atom is 0.0441 e. The fraction of sp³-hybridized carbons (Fsp3) is 0.643. The minimum Gasteiger partial charge on any atom is -0.258 e. The zero-order valence-electron chi connectivity index (χ0n) is 10.7. The predicted molar refractivity (Wildman–Crippen MR) is 66.2 cm³/mol. The third-order valence-corrected chi connectivity index (χ3v) is 2.73. The minimum absolute atomic E-state index is 0.584. The van der Waals surface area contributed by atoms with E-state index in [-0.39, 0.29) is 0 Å². The summed E-state index contributed by atoms with van der Waals surface area (Å²) >= 11 is 0. The largest absolute Gasteiger partial charge is 0.258 e. The lowest BCUT2D eigenvalue weighted by Gasteiger charge is -2.13. The molecule has 0 fully saturated rings. The molecule has 1 heteroatoms. The molecule has 0 spiro atoms. The quantitative estimate of drug-likeness (QED) is 0.721. The molecule has 0 atom stereocenters. The lowest BCUT2D eigenvalue weighted by atomic mass is 9.96. The molecule has 0 aliphatic heterocycles. The van der Waals surface area contributed by atoms with Crippen LogP contribution < -0.4 is 0 Å². The third-order valence-electron chi connectivity index (χ3n) is 2.73. The van der Waals surface area contributed by atoms with Gasteiger partial charge in [-0.1, -0.05) is 33.8 Å². The molecule has 0 bridgehead atoms. The van der Waals surface area contributed by atoms with Gasteiger partial charge in [0.25, 0.3) is 0 Å². The van der Waals surface area contributed by atoms with Crippen molar-refractivity contribution >= 4 is 0 Å². The summed E-state index contributed by atoms with van der Waals surface area (Å²) in [5, 5.41) is 0. The second-order valence-electron chi connectivity index (χ2n) is 5.08. The van der Waals surface area contributed by atoms with Crippen molar-refractivity contribution in [2.45, 2.75) is 53.4 Å². The Morgan fingerprint density at radius 1 is 1.13 bits per heavy atom. The van der Waals surface area contributed by atoms with Gasteiger partial charge in [0.2, 0.25) is 0 Å². The molecule has 1 aromatic heterocycles. The van der Waals surface area contributed by atoms with Crippen LogP contribution >= 0.6 is 0 Å². The summed E-state index contributed by atoms with van der Waals surface area (Å²) in [7, 11) is 0. The summed E-state index contributed by atoms with van der Waals surface area (Å²) in [6.07, 6.45) is 2.35. The van der Waals surface area contributed by atoms with Crippen LogP contribution in [0.25, 0.3) is 0 Å². The number of aromatic nitrogens is 1. The highest BCUT2D eigenvalue weighted by molar-refractivity contribution is 5.25. The van der Waals surface area contributed by atoms with Crippen molar-refractivity contribution in [1.29, 1.82) is 0 Å². The third kappa shape index (κ3) is 3.65. The average Bonchev–Trinajstić information content (AvgIpc) is 2.14. The van der Waals surface area contributed by atoms with E-state index in [1.807, 2.05) is 0 Å². The zero-order chi connectivity index (χ0) is 11.4. The molecule has 0 aliphatic carbocycles. The van der Waals surface area contributed by atoms with E-state index in [1.54, 1.807) is 0 Å². The van der Waals surface area contributed by atoms with Crippen molar-refractivity contribution in [3.63, 3.8) is 0 Å². The first-order valence-electron chi connectivity index (χ1n) is 5.97. The van der Waals surface area contributed by atoms with Gasteiger partial charge in [0, 0.05) is 11.4 Å². The Morgan fingerprint density at radius 3 is 2.33 bits per heavy atom. The van der Waals surface area contributed by atoms with E-state index in [4.69, 9.17) is 0 Å². The number of pyridine rings is 1. The van der Waals surface area contributed by atoms with Crippen LogP contribution in [0.1, 0.15) is 57.0 Å². The maximum absolute atomic E-state index is 4.67. The fourth-order valence-corrected chi connectivity index (χ4v) is 1.77. The summed E-state index contributed by atoms with van der Waals surface area (Å²) in [5.74, 6) is 1.34. The summed E-state index contributed by atoms with van der Waals surface area (Å²) in [5.41, 5.74) is 3.86. The first-order chi connectivity index (χ1) is 7.00. The van der Waals surface area contributed by atoms with E-state index in [9.17, 15) is 0 Å². The summed E-state index contributed by atoms with van der Waals surface area (Å²) in [4.78, 5) is 4.67. The van der Waals surface area contributed by atoms with E-state index < -0.39 is 0 Å².